The lowest BCUT2D eigenvalue weighted by Gasteiger charge is -2.23. The highest BCUT2D eigenvalue weighted by Gasteiger charge is 2.49. The van der Waals surface area contributed by atoms with Gasteiger partial charge in [0.2, 0.25) is 0 Å². The van der Waals surface area contributed by atoms with Crippen molar-refractivity contribution in [3.8, 4) is 0 Å². The highest BCUT2D eigenvalue weighted by atomic mass is 16.3. The second kappa shape index (κ2) is 6.08. The van der Waals surface area contributed by atoms with Crippen molar-refractivity contribution in [2.75, 3.05) is 6.54 Å². The van der Waals surface area contributed by atoms with Crippen molar-refractivity contribution in [1.82, 2.24) is 15.3 Å². The number of hydrogen-bond donors (Lipinski definition) is 2. The van der Waals surface area contributed by atoms with Gasteiger partial charge in [-0.3, -0.25) is 4.79 Å². The molecule has 1 fully saturated rings. The average Bonchev–Trinajstić information content (AvgIpc) is 3.34. The Balaban J connectivity index is 1.67. The molecule has 1 aromatic carbocycles. The summed E-state index contributed by atoms with van der Waals surface area (Å²) >= 11 is 0. The molecule has 1 atom stereocenters. The van der Waals surface area contributed by atoms with E-state index in [1.54, 1.807) is 20.0 Å². The molecule has 0 radical (unpaired) electrons. The summed E-state index contributed by atoms with van der Waals surface area (Å²) in [6.07, 6.45) is 2.82. The number of amides is 1. The van der Waals surface area contributed by atoms with Gasteiger partial charge in [-0.25, -0.2) is 9.97 Å². The highest BCUT2D eigenvalue weighted by Crippen LogP contribution is 2.54. The van der Waals surface area contributed by atoms with Crippen molar-refractivity contribution in [3.63, 3.8) is 0 Å². The third kappa shape index (κ3) is 3.24. The van der Waals surface area contributed by atoms with Crippen LogP contribution >= 0.6 is 0 Å². The number of carbonyl (C=O) groups is 1. The molecule has 1 amide bonds. The van der Waals surface area contributed by atoms with Gasteiger partial charge in [0.05, 0.1) is 17.4 Å². The number of aryl methyl sites for hydroxylation is 2. The Morgan fingerprint density at radius 1 is 1.30 bits per heavy atom. The summed E-state index contributed by atoms with van der Waals surface area (Å²) < 4.78 is 0. The smallest absolute Gasteiger partial charge is 0.254 e. The average molecular weight is 311 g/mol. The number of benzene rings is 1. The first-order valence-electron chi connectivity index (χ1n) is 7.83. The third-order valence-corrected chi connectivity index (χ3v) is 4.53. The molecule has 0 saturated heterocycles. The minimum Gasteiger partial charge on any atom is -0.388 e. The van der Waals surface area contributed by atoms with E-state index in [1.165, 1.54) is 0 Å². The van der Waals surface area contributed by atoms with Gasteiger partial charge < -0.3 is 10.4 Å². The lowest BCUT2D eigenvalue weighted by molar-refractivity contribution is 0.0807. The van der Waals surface area contributed by atoms with E-state index in [9.17, 15) is 9.90 Å². The second-order valence-corrected chi connectivity index (χ2v) is 6.27. The van der Waals surface area contributed by atoms with E-state index >= 15 is 0 Å². The predicted molar refractivity (Wildman–Crippen MR) is 86.9 cm³/mol. The van der Waals surface area contributed by atoms with Crippen LogP contribution in [0.4, 0.5) is 0 Å². The SMILES string of the molecule is Cc1ncc(C(=O)NCC2(C(O)c3ccccc3)CC2)c(C)n1. The summed E-state index contributed by atoms with van der Waals surface area (Å²) in [6, 6.07) is 9.60. The fourth-order valence-corrected chi connectivity index (χ4v) is 2.85. The second-order valence-electron chi connectivity index (χ2n) is 6.27. The van der Waals surface area contributed by atoms with Gasteiger partial charge in [0, 0.05) is 18.2 Å². The van der Waals surface area contributed by atoms with Crippen molar-refractivity contribution in [3.05, 3.63) is 59.2 Å². The quantitative estimate of drug-likeness (QED) is 0.888. The lowest BCUT2D eigenvalue weighted by Crippen LogP contribution is -2.34. The first-order valence-corrected chi connectivity index (χ1v) is 7.83. The fourth-order valence-electron chi connectivity index (χ4n) is 2.85. The number of carbonyl (C=O) groups excluding carboxylic acids is 1. The van der Waals surface area contributed by atoms with Gasteiger partial charge in [-0.05, 0) is 32.3 Å². The molecule has 1 aliphatic carbocycles. The zero-order valence-electron chi connectivity index (χ0n) is 13.4. The standard InChI is InChI=1S/C18H21N3O2/c1-12-15(10-19-13(2)21-12)17(23)20-11-18(8-9-18)16(22)14-6-4-3-5-7-14/h3-7,10,16,22H,8-9,11H2,1-2H3,(H,20,23). The van der Waals surface area contributed by atoms with Crippen LogP contribution in [0.2, 0.25) is 0 Å². The molecule has 1 heterocycles. The van der Waals surface area contributed by atoms with Crippen molar-refractivity contribution >= 4 is 5.91 Å². The maximum atomic E-state index is 12.3. The molecule has 0 spiro atoms. The highest BCUT2D eigenvalue weighted by molar-refractivity contribution is 5.94. The summed E-state index contributed by atoms with van der Waals surface area (Å²) in [5.74, 6) is 0.464. The van der Waals surface area contributed by atoms with Crippen LogP contribution in [0, 0.1) is 19.3 Å². The van der Waals surface area contributed by atoms with Gasteiger partial charge in [0.15, 0.2) is 0 Å². The zero-order valence-corrected chi connectivity index (χ0v) is 13.4. The molecule has 1 saturated carbocycles. The molecule has 2 N–H and O–H groups in total. The summed E-state index contributed by atoms with van der Waals surface area (Å²) in [5, 5.41) is 13.5. The zero-order chi connectivity index (χ0) is 16.4. The Morgan fingerprint density at radius 3 is 2.61 bits per heavy atom. The Morgan fingerprint density at radius 2 is 2.00 bits per heavy atom. The Bertz CT molecular complexity index is 711. The first-order chi connectivity index (χ1) is 11.0. The molecule has 1 unspecified atom stereocenters. The summed E-state index contributed by atoms with van der Waals surface area (Å²) in [6.45, 7) is 4.05. The van der Waals surface area contributed by atoms with Crippen molar-refractivity contribution in [2.45, 2.75) is 32.8 Å². The van der Waals surface area contributed by atoms with E-state index in [1.807, 2.05) is 30.3 Å². The van der Waals surface area contributed by atoms with E-state index in [0.29, 0.717) is 23.6 Å². The molecule has 3 rings (SSSR count). The lowest BCUT2D eigenvalue weighted by atomic mass is 9.92. The van der Waals surface area contributed by atoms with Crippen molar-refractivity contribution in [1.29, 1.82) is 0 Å². The monoisotopic (exact) mass is 311 g/mol. The molecule has 5 nitrogen and oxygen atoms in total. The Labute approximate surface area is 135 Å². The normalized spacial score (nSPS) is 16.7. The van der Waals surface area contributed by atoms with Crippen LogP contribution in [0.3, 0.4) is 0 Å². The topological polar surface area (TPSA) is 75.1 Å². The molecular weight excluding hydrogens is 290 g/mol. The van der Waals surface area contributed by atoms with Crippen LogP contribution in [0.5, 0.6) is 0 Å². The van der Waals surface area contributed by atoms with Gasteiger partial charge in [0.25, 0.3) is 5.91 Å². The Kier molecular flexibility index (Phi) is 4.13. The predicted octanol–water partition coefficient (Wildman–Crippen LogP) is 2.34. The molecule has 0 bridgehead atoms. The summed E-state index contributed by atoms with van der Waals surface area (Å²) in [5.41, 5.74) is 1.80. The molecule has 23 heavy (non-hydrogen) atoms. The number of aromatic nitrogens is 2. The molecule has 1 aromatic heterocycles. The van der Waals surface area contributed by atoms with Crippen LogP contribution in [-0.4, -0.2) is 27.5 Å². The van der Waals surface area contributed by atoms with Gasteiger partial charge in [0.1, 0.15) is 5.82 Å². The van der Waals surface area contributed by atoms with Crippen LogP contribution in [0.1, 0.15) is 46.4 Å². The number of aliphatic hydroxyl groups is 1. The molecule has 2 aromatic rings. The molecule has 0 aliphatic heterocycles. The van der Waals surface area contributed by atoms with Crippen LogP contribution in [0.15, 0.2) is 36.5 Å². The van der Waals surface area contributed by atoms with E-state index in [4.69, 9.17) is 0 Å². The summed E-state index contributed by atoms with van der Waals surface area (Å²) in [7, 11) is 0. The van der Waals surface area contributed by atoms with Crippen LogP contribution < -0.4 is 5.32 Å². The number of nitrogens with zero attached hydrogens (tertiary/aromatic N) is 2. The first kappa shape index (κ1) is 15.6. The third-order valence-electron chi connectivity index (χ3n) is 4.53. The number of rotatable bonds is 5. The molecule has 120 valence electrons. The van der Waals surface area contributed by atoms with Gasteiger partial charge in [-0.2, -0.15) is 0 Å². The van der Waals surface area contributed by atoms with Crippen LogP contribution in [0.25, 0.3) is 0 Å². The maximum Gasteiger partial charge on any atom is 0.254 e. The molecular formula is C18H21N3O2. The Hall–Kier alpha value is -2.27. The fraction of sp³-hybridized carbons (Fsp3) is 0.389. The van der Waals surface area contributed by atoms with E-state index in [2.05, 4.69) is 15.3 Å². The maximum absolute atomic E-state index is 12.3. The van der Waals surface area contributed by atoms with E-state index < -0.39 is 6.10 Å². The van der Waals surface area contributed by atoms with Crippen molar-refractivity contribution < 1.29 is 9.90 Å². The van der Waals surface area contributed by atoms with Gasteiger partial charge in [-0.1, -0.05) is 30.3 Å². The molecule has 5 heteroatoms. The number of hydrogen-bond acceptors (Lipinski definition) is 4. The minimum atomic E-state index is -0.556. The summed E-state index contributed by atoms with van der Waals surface area (Å²) in [4.78, 5) is 20.6. The van der Waals surface area contributed by atoms with E-state index in [-0.39, 0.29) is 11.3 Å². The largest absolute Gasteiger partial charge is 0.388 e. The minimum absolute atomic E-state index is 0.186. The number of nitrogens with one attached hydrogen (secondary N) is 1. The van der Waals surface area contributed by atoms with Gasteiger partial charge >= 0.3 is 0 Å². The van der Waals surface area contributed by atoms with Gasteiger partial charge in [-0.15, -0.1) is 0 Å². The number of aliphatic hydroxyl groups excluding tert-OH is 1. The van der Waals surface area contributed by atoms with Crippen LogP contribution in [-0.2, 0) is 0 Å². The molecule has 1 aliphatic rings. The van der Waals surface area contributed by atoms with Crippen molar-refractivity contribution in [2.24, 2.45) is 5.41 Å². The van der Waals surface area contributed by atoms with E-state index in [0.717, 1.165) is 18.4 Å².